The number of hydrogen-bond acceptors (Lipinski definition) is 9. The molecule has 41 heavy (non-hydrogen) atoms. The molecule has 12 nitrogen and oxygen atoms in total. The number of aliphatic hydroxyl groups is 1. The maximum absolute atomic E-state index is 13.6. The van der Waals surface area contributed by atoms with E-state index in [2.05, 4.69) is 50.8 Å². The van der Waals surface area contributed by atoms with Crippen LogP contribution in [0.25, 0.3) is 0 Å². The largest absolute Gasteiger partial charge is 0.385 e. The molecule has 2 unspecified atom stereocenters. The van der Waals surface area contributed by atoms with E-state index in [1.807, 2.05) is 25.1 Å². The van der Waals surface area contributed by atoms with Gasteiger partial charge in [0.2, 0.25) is 5.66 Å². The van der Waals surface area contributed by atoms with Gasteiger partial charge in [-0.2, -0.15) is 0 Å². The summed E-state index contributed by atoms with van der Waals surface area (Å²) in [6.45, 7) is 6.68. The topological polar surface area (TPSA) is 185 Å². The van der Waals surface area contributed by atoms with Crippen molar-refractivity contribution in [3.05, 3.63) is 64.5 Å². The van der Waals surface area contributed by atoms with Crippen LogP contribution in [0.1, 0.15) is 64.2 Å². The highest BCUT2D eigenvalue weighted by Crippen LogP contribution is 2.39. The predicted molar refractivity (Wildman–Crippen MR) is 153 cm³/mol. The van der Waals surface area contributed by atoms with Gasteiger partial charge in [-0.25, -0.2) is 10.3 Å². The van der Waals surface area contributed by atoms with Crippen LogP contribution in [0.5, 0.6) is 0 Å². The minimum Gasteiger partial charge on any atom is -0.385 e. The first-order valence-electron chi connectivity index (χ1n) is 14.1. The summed E-state index contributed by atoms with van der Waals surface area (Å²) in [4.78, 5) is 40.2. The number of aromatic nitrogens is 1. The van der Waals surface area contributed by atoms with Gasteiger partial charge in [0.15, 0.2) is 12.0 Å². The lowest BCUT2D eigenvalue weighted by Crippen LogP contribution is -2.88. The number of nitrogens with one attached hydrogen (secondary N) is 4. The van der Waals surface area contributed by atoms with E-state index < -0.39 is 29.9 Å². The van der Waals surface area contributed by atoms with Crippen molar-refractivity contribution in [3.63, 3.8) is 0 Å². The highest BCUT2D eigenvalue weighted by molar-refractivity contribution is 5.97. The molecule has 0 radical (unpaired) electrons. The molecule has 4 aliphatic rings. The summed E-state index contributed by atoms with van der Waals surface area (Å²) in [7, 11) is 0. The number of hydrogen-bond donors (Lipinski definition) is 7. The fourth-order valence-electron chi connectivity index (χ4n) is 6.97. The summed E-state index contributed by atoms with van der Waals surface area (Å²) in [6, 6.07) is 7.62. The molecule has 2 aromatic rings. The van der Waals surface area contributed by atoms with Gasteiger partial charge in [0, 0.05) is 24.8 Å². The molecular formula is C29H38N9O3+. The Kier molecular flexibility index (Phi) is 6.40. The third-order valence-electron chi connectivity index (χ3n) is 9.05. The van der Waals surface area contributed by atoms with Gasteiger partial charge in [-0.1, -0.05) is 32.0 Å². The first kappa shape index (κ1) is 27.0. The van der Waals surface area contributed by atoms with Crippen molar-refractivity contribution in [2.24, 2.45) is 16.5 Å². The summed E-state index contributed by atoms with van der Waals surface area (Å²) in [6.07, 6.45) is 3.47. The number of guanidine groups is 2. The molecule has 5 atom stereocenters. The number of fused-ring (bicyclic) bond motifs is 1. The Morgan fingerprint density at radius 1 is 1.22 bits per heavy atom. The molecule has 12 heteroatoms. The summed E-state index contributed by atoms with van der Waals surface area (Å²) in [5.41, 5.74) is 15.6. The van der Waals surface area contributed by atoms with Crippen molar-refractivity contribution in [1.29, 1.82) is 0 Å². The maximum Gasteiger partial charge on any atom is 0.343 e. The molecule has 2 amide bonds. The lowest BCUT2D eigenvalue weighted by Gasteiger charge is -2.43. The molecule has 1 aromatic carbocycles. The number of aliphatic imine (C=N–C) groups is 1. The average molecular weight is 561 g/mol. The Balaban J connectivity index is 1.22. The number of amides is 2. The molecule has 4 heterocycles. The molecule has 1 spiro atoms. The van der Waals surface area contributed by atoms with Gasteiger partial charge >= 0.3 is 5.96 Å². The Bertz CT molecular complexity index is 1450. The van der Waals surface area contributed by atoms with Crippen LogP contribution < -0.4 is 32.4 Å². The van der Waals surface area contributed by atoms with E-state index in [4.69, 9.17) is 11.5 Å². The number of aryl methyl sites for hydroxylation is 1. The number of nitrogens with two attached hydrogens (primary N) is 2. The average Bonchev–Trinajstić information content (AvgIpc) is 3.43. The van der Waals surface area contributed by atoms with E-state index in [1.165, 1.54) is 5.56 Å². The fraction of sp³-hybridized carbons (Fsp3) is 0.483. The second-order valence-electron chi connectivity index (χ2n) is 12.2. The van der Waals surface area contributed by atoms with Gasteiger partial charge in [0.1, 0.15) is 17.8 Å². The molecule has 0 bridgehead atoms. The Morgan fingerprint density at radius 2 is 2.02 bits per heavy atom. The zero-order valence-corrected chi connectivity index (χ0v) is 23.6. The van der Waals surface area contributed by atoms with Crippen molar-refractivity contribution in [2.75, 3.05) is 13.1 Å². The molecule has 0 saturated carbocycles. The van der Waals surface area contributed by atoms with E-state index in [0.717, 1.165) is 30.4 Å². The maximum atomic E-state index is 13.6. The van der Waals surface area contributed by atoms with E-state index >= 15 is 0 Å². The zero-order valence-electron chi connectivity index (χ0n) is 23.6. The summed E-state index contributed by atoms with van der Waals surface area (Å²) >= 11 is 0. The van der Waals surface area contributed by atoms with Gasteiger partial charge in [-0.05, 0) is 60.4 Å². The number of rotatable bonds is 5. The van der Waals surface area contributed by atoms with E-state index in [-0.39, 0.29) is 42.2 Å². The zero-order chi connectivity index (χ0) is 29.1. The van der Waals surface area contributed by atoms with Crippen LogP contribution in [0.15, 0.2) is 41.5 Å². The SMILES string of the molecule is Cc1ccc(C(=O)NC[C@@H]2N=C(N)N3CC(NC(=O)c4cccc5c4CCCC5(C)C)[C@@H](O)C34NC(N)=[NH+][C@@H]24)nc1. The molecule has 6 rings (SSSR count). The van der Waals surface area contributed by atoms with Gasteiger partial charge in [-0.3, -0.25) is 25.3 Å². The van der Waals surface area contributed by atoms with Gasteiger partial charge < -0.3 is 26.4 Å². The molecule has 1 aromatic heterocycles. The Labute approximate surface area is 238 Å². The van der Waals surface area contributed by atoms with Crippen LogP contribution in [0, 0.1) is 6.92 Å². The summed E-state index contributed by atoms with van der Waals surface area (Å²) in [5.74, 6) is -0.131. The molecule has 1 saturated heterocycles. The highest BCUT2D eigenvalue weighted by Gasteiger charge is 2.68. The lowest BCUT2D eigenvalue weighted by atomic mass is 9.71. The molecule has 1 aliphatic carbocycles. The van der Waals surface area contributed by atoms with Crippen LogP contribution in [0.3, 0.4) is 0 Å². The Hall–Kier alpha value is -4.19. The van der Waals surface area contributed by atoms with Crippen molar-refractivity contribution in [2.45, 2.75) is 75.3 Å². The van der Waals surface area contributed by atoms with Crippen molar-refractivity contribution in [3.8, 4) is 0 Å². The standard InChI is InChI=1S/C29H37N9O3/c1-15-9-10-19(32-12-15)25(41)33-13-20-22-29(37-26(30)36-22)23(39)21(14-38(29)27(31)35-20)34-24(40)17-6-4-8-18-16(17)7-5-11-28(18,2)3/h4,6,8-10,12,20-23,39H,5,7,11,13-14H2,1-3H3,(H2,31,35)(H,33,41)(H,34,40)(H3,30,36,37)/p+1/t20-,21?,22-,23+,29?/m0/s1. The minimum atomic E-state index is -1.16. The second-order valence-corrected chi connectivity index (χ2v) is 12.2. The molecule has 3 aliphatic heterocycles. The third kappa shape index (κ3) is 4.37. The third-order valence-corrected chi connectivity index (χ3v) is 9.05. The first-order chi connectivity index (χ1) is 19.5. The summed E-state index contributed by atoms with van der Waals surface area (Å²) < 4.78 is 0. The molecule has 216 valence electrons. The number of benzene rings is 1. The van der Waals surface area contributed by atoms with Crippen molar-refractivity contribution in [1.82, 2.24) is 25.8 Å². The number of nitrogens with zero attached hydrogens (tertiary/aromatic N) is 3. The smallest absolute Gasteiger partial charge is 0.343 e. The van der Waals surface area contributed by atoms with Crippen molar-refractivity contribution >= 4 is 23.7 Å². The molecule has 1 fully saturated rings. The van der Waals surface area contributed by atoms with Crippen LogP contribution in [-0.4, -0.2) is 81.7 Å². The Morgan fingerprint density at radius 3 is 2.78 bits per heavy atom. The van der Waals surface area contributed by atoms with E-state index in [0.29, 0.717) is 11.3 Å². The minimum absolute atomic E-state index is 0.00123. The fourth-order valence-corrected chi connectivity index (χ4v) is 6.97. The van der Waals surface area contributed by atoms with E-state index in [1.54, 1.807) is 17.2 Å². The number of pyridine rings is 1. The van der Waals surface area contributed by atoms with Crippen LogP contribution in [0.2, 0.25) is 0 Å². The van der Waals surface area contributed by atoms with Crippen LogP contribution in [-0.2, 0) is 11.8 Å². The first-order valence-corrected chi connectivity index (χ1v) is 14.1. The highest BCUT2D eigenvalue weighted by atomic mass is 16.3. The quantitative estimate of drug-likeness (QED) is 0.218. The normalized spacial score (nSPS) is 29.3. The van der Waals surface area contributed by atoms with Gasteiger partial charge in [-0.15, -0.1) is 0 Å². The van der Waals surface area contributed by atoms with Crippen LogP contribution >= 0.6 is 0 Å². The molecular weight excluding hydrogens is 522 g/mol. The summed E-state index contributed by atoms with van der Waals surface area (Å²) in [5, 5.41) is 20.9. The predicted octanol–water partition coefficient (Wildman–Crippen LogP) is -2.03. The molecule has 9 N–H and O–H groups in total. The number of carbonyl (C=O) groups excluding carboxylic acids is 2. The monoisotopic (exact) mass is 560 g/mol. The lowest BCUT2D eigenvalue weighted by molar-refractivity contribution is -0.513. The van der Waals surface area contributed by atoms with Crippen molar-refractivity contribution < 1.29 is 19.7 Å². The second kappa shape index (κ2) is 9.72. The van der Waals surface area contributed by atoms with E-state index in [9.17, 15) is 14.7 Å². The van der Waals surface area contributed by atoms with Gasteiger partial charge in [0.05, 0.1) is 6.04 Å². The van der Waals surface area contributed by atoms with Crippen LogP contribution in [0.4, 0.5) is 0 Å². The van der Waals surface area contributed by atoms with Gasteiger partial charge in [0.25, 0.3) is 11.8 Å². The number of aliphatic hydroxyl groups excluding tert-OH is 1. The number of carbonyl (C=O) groups is 2.